The Morgan fingerprint density at radius 3 is 2.60 bits per heavy atom. The van der Waals surface area contributed by atoms with E-state index in [1.807, 2.05) is 49.4 Å². The Morgan fingerprint density at radius 2 is 1.87 bits per heavy atom. The van der Waals surface area contributed by atoms with E-state index in [0.29, 0.717) is 35.9 Å². The second kappa shape index (κ2) is 8.81. The van der Waals surface area contributed by atoms with E-state index in [9.17, 15) is 4.79 Å². The summed E-state index contributed by atoms with van der Waals surface area (Å²) in [6.07, 6.45) is 0. The number of thiazole rings is 1. The minimum absolute atomic E-state index is 0.313. The van der Waals surface area contributed by atoms with Crippen molar-refractivity contribution in [3.05, 3.63) is 70.5 Å². The van der Waals surface area contributed by atoms with Gasteiger partial charge in [0.2, 0.25) is 0 Å². The van der Waals surface area contributed by atoms with Gasteiger partial charge in [-0.1, -0.05) is 47.7 Å². The van der Waals surface area contributed by atoms with Crippen molar-refractivity contribution in [2.75, 3.05) is 20.3 Å². The highest BCUT2D eigenvalue weighted by atomic mass is 32.1. The first kappa shape index (κ1) is 20.3. The second-order valence-corrected chi connectivity index (χ2v) is 7.98. The molecule has 0 bridgehead atoms. The maximum absolute atomic E-state index is 13.2. The second-order valence-electron chi connectivity index (χ2n) is 6.97. The summed E-state index contributed by atoms with van der Waals surface area (Å²) in [6, 6.07) is 17.8. The normalized spacial score (nSPS) is 12.0. The molecule has 0 aliphatic rings. The lowest BCUT2D eigenvalue weighted by atomic mass is 10.1. The highest BCUT2D eigenvalue weighted by molar-refractivity contribution is 7.16. The molecular formula is C24H24N2O3S. The van der Waals surface area contributed by atoms with Gasteiger partial charge >= 0.3 is 0 Å². The van der Waals surface area contributed by atoms with Crippen molar-refractivity contribution in [2.24, 2.45) is 4.99 Å². The summed E-state index contributed by atoms with van der Waals surface area (Å²) in [6.45, 7) is 5.91. The summed E-state index contributed by atoms with van der Waals surface area (Å²) in [4.78, 5) is 18.4. The molecule has 0 unspecified atom stereocenters. The third-order valence-corrected chi connectivity index (χ3v) is 6.11. The van der Waals surface area contributed by atoms with E-state index in [4.69, 9.17) is 9.47 Å². The van der Waals surface area contributed by atoms with Crippen LogP contribution >= 0.6 is 11.3 Å². The first-order chi connectivity index (χ1) is 14.6. The van der Waals surface area contributed by atoms with Gasteiger partial charge in [0, 0.05) is 13.2 Å². The molecule has 4 aromatic rings. The van der Waals surface area contributed by atoms with E-state index < -0.39 is 0 Å². The van der Waals surface area contributed by atoms with Crippen LogP contribution < -0.4 is 9.54 Å². The monoisotopic (exact) mass is 420 g/mol. The summed E-state index contributed by atoms with van der Waals surface area (Å²) in [5.74, 6) is 0.215. The molecule has 0 N–H and O–H groups in total. The number of hydrogen-bond acceptors (Lipinski definition) is 4. The zero-order valence-corrected chi connectivity index (χ0v) is 18.2. The number of ether oxygens (including phenoxy) is 2. The number of amides is 1. The molecule has 1 amide bonds. The Balaban J connectivity index is 1.85. The molecular weight excluding hydrogens is 396 g/mol. The van der Waals surface area contributed by atoms with Crippen LogP contribution in [0, 0.1) is 6.92 Å². The number of rotatable bonds is 6. The Morgan fingerprint density at radius 1 is 1.10 bits per heavy atom. The van der Waals surface area contributed by atoms with Crippen LogP contribution in [0.1, 0.15) is 22.8 Å². The fourth-order valence-corrected chi connectivity index (χ4v) is 4.74. The summed E-state index contributed by atoms with van der Waals surface area (Å²) in [5, 5.41) is 2.00. The largest absolute Gasteiger partial charge is 0.496 e. The van der Waals surface area contributed by atoms with Gasteiger partial charge in [0.05, 0.1) is 29.5 Å². The Labute approximate surface area is 179 Å². The molecule has 0 spiro atoms. The van der Waals surface area contributed by atoms with Crippen LogP contribution in [0.4, 0.5) is 0 Å². The Hall–Kier alpha value is -2.96. The van der Waals surface area contributed by atoms with Gasteiger partial charge in [0.15, 0.2) is 4.80 Å². The summed E-state index contributed by atoms with van der Waals surface area (Å²) in [5.41, 5.74) is 2.71. The molecule has 1 aromatic heterocycles. The minimum atomic E-state index is -0.313. The number of methoxy groups -OCH3 is 1. The summed E-state index contributed by atoms with van der Waals surface area (Å²) in [7, 11) is 1.58. The average Bonchev–Trinajstić information content (AvgIpc) is 3.11. The molecule has 6 heteroatoms. The van der Waals surface area contributed by atoms with Crippen molar-refractivity contribution < 1.29 is 14.3 Å². The summed E-state index contributed by atoms with van der Waals surface area (Å²) >= 11 is 1.52. The van der Waals surface area contributed by atoms with Crippen LogP contribution in [0.5, 0.6) is 5.75 Å². The van der Waals surface area contributed by atoms with Gasteiger partial charge < -0.3 is 14.0 Å². The van der Waals surface area contributed by atoms with Crippen molar-refractivity contribution in [2.45, 2.75) is 20.4 Å². The highest BCUT2D eigenvalue weighted by Gasteiger charge is 2.15. The van der Waals surface area contributed by atoms with Crippen molar-refractivity contribution in [3.63, 3.8) is 0 Å². The van der Waals surface area contributed by atoms with Crippen molar-refractivity contribution in [3.8, 4) is 5.75 Å². The molecule has 0 aliphatic heterocycles. The van der Waals surface area contributed by atoms with Crippen molar-refractivity contribution in [1.82, 2.24) is 4.57 Å². The third kappa shape index (κ3) is 3.88. The number of aryl methyl sites for hydroxylation is 1. The third-order valence-electron chi connectivity index (χ3n) is 5.06. The number of fused-ring (bicyclic) bond motifs is 2. The summed E-state index contributed by atoms with van der Waals surface area (Å²) < 4.78 is 14.2. The number of nitrogens with zero attached hydrogens (tertiary/aromatic N) is 2. The number of carbonyl (C=O) groups is 1. The fraction of sp³-hybridized carbons (Fsp3) is 0.250. The van der Waals surface area contributed by atoms with Crippen LogP contribution in [0.15, 0.2) is 59.6 Å². The van der Waals surface area contributed by atoms with Gasteiger partial charge in [0.25, 0.3) is 5.91 Å². The molecule has 0 radical (unpaired) electrons. The molecule has 4 rings (SSSR count). The lowest BCUT2D eigenvalue weighted by Gasteiger charge is -2.09. The van der Waals surface area contributed by atoms with Crippen molar-refractivity contribution in [1.29, 1.82) is 0 Å². The zero-order valence-electron chi connectivity index (χ0n) is 17.3. The van der Waals surface area contributed by atoms with Crippen LogP contribution in [0.2, 0.25) is 0 Å². The van der Waals surface area contributed by atoms with Gasteiger partial charge in [-0.25, -0.2) is 0 Å². The van der Waals surface area contributed by atoms with E-state index >= 15 is 0 Å². The highest BCUT2D eigenvalue weighted by Crippen LogP contribution is 2.27. The topological polar surface area (TPSA) is 52.8 Å². The average molecular weight is 421 g/mol. The van der Waals surface area contributed by atoms with Gasteiger partial charge in [-0.15, -0.1) is 0 Å². The lowest BCUT2D eigenvalue weighted by Crippen LogP contribution is -2.20. The maximum Gasteiger partial charge on any atom is 0.283 e. The van der Waals surface area contributed by atoms with Gasteiger partial charge in [-0.05, 0) is 48.4 Å². The maximum atomic E-state index is 13.2. The SMILES string of the molecule is CCOCCn1c(=NC(=O)c2cc3ccccc3cc2OC)sc2cccc(C)c21. The smallest absolute Gasteiger partial charge is 0.283 e. The van der Waals surface area contributed by atoms with Crippen LogP contribution in [-0.4, -0.2) is 30.8 Å². The predicted octanol–water partition coefficient (Wildman–Crippen LogP) is 4.95. The molecule has 0 saturated heterocycles. The van der Waals surface area contributed by atoms with E-state index in [1.54, 1.807) is 7.11 Å². The Bertz CT molecular complexity index is 1290. The number of para-hydroxylation sites is 1. The number of benzene rings is 3. The van der Waals surface area contributed by atoms with E-state index in [-0.39, 0.29) is 5.91 Å². The van der Waals surface area contributed by atoms with E-state index in [0.717, 1.165) is 26.6 Å². The van der Waals surface area contributed by atoms with Gasteiger partial charge in [0.1, 0.15) is 5.75 Å². The first-order valence-electron chi connectivity index (χ1n) is 9.95. The molecule has 5 nitrogen and oxygen atoms in total. The van der Waals surface area contributed by atoms with E-state index in [1.165, 1.54) is 11.3 Å². The number of carbonyl (C=O) groups excluding carboxylic acids is 1. The quantitative estimate of drug-likeness (QED) is 0.415. The van der Waals surface area contributed by atoms with Crippen LogP contribution in [0.3, 0.4) is 0 Å². The predicted molar refractivity (Wildman–Crippen MR) is 121 cm³/mol. The molecule has 30 heavy (non-hydrogen) atoms. The molecule has 154 valence electrons. The molecule has 0 saturated carbocycles. The van der Waals surface area contributed by atoms with Gasteiger partial charge in [-0.2, -0.15) is 4.99 Å². The molecule has 0 aliphatic carbocycles. The number of aromatic nitrogens is 1. The minimum Gasteiger partial charge on any atom is -0.496 e. The van der Waals surface area contributed by atoms with Gasteiger partial charge in [-0.3, -0.25) is 4.79 Å². The number of hydrogen-bond donors (Lipinski definition) is 0. The fourth-order valence-electron chi connectivity index (χ4n) is 3.60. The van der Waals surface area contributed by atoms with Crippen LogP contribution in [0.25, 0.3) is 21.0 Å². The molecule has 1 heterocycles. The molecule has 0 atom stereocenters. The molecule has 0 fully saturated rings. The van der Waals surface area contributed by atoms with Crippen LogP contribution in [-0.2, 0) is 11.3 Å². The first-order valence-corrected chi connectivity index (χ1v) is 10.8. The van der Waals surface area contributed by atoms with Crippen molar-refractivity contribution >= 4 is 38.2 Å². The lowest BCUT2D eigenvalue weighted by molar-refractivity contribution is 0.0994. The molecule has 3 aromatic carbocycles. The zero-order chi connectivity index (χ0) is 21.1. The van der Waals surface area contributed by atoms with E-state index in [2.05, 4.69) is 28.6 Å². The standard InChI is InChI=1S/C24H24N2O3S/c1-4-29-13-12-26-22-16(2)8-7-11-21(22)30-24(26)25-23(27)19-14-17-9-5-6-10-18(17)15-20(19)28-3/h5-11,14-15H,4,12-13H2,1-3H3. The Kier molecular flexibility index (Phi) is 5.97.